The number of fused-ring (bicyclic) bond motifs is 1. The van der Waals surface area contributed by atoms with Crippen molar-refractivity contribution in [3.05, 3.63) is 34.3 Å². The van der Waals surface area contributed by atoms with Gasteiger partial charge in [-0.1, -0.05) is 0 Å². The van der Waals surface area contributed by atoms with Gasteiger partial charge in [-0.3, -0.25) is 0 Å². The Morgan fingerprint density at radius 1 is 1.27 bits per heavy atom. The van der Waals surface area contributed by atoms with Crippen LogP contribution in [0.1, 0.15) is 16.3 Å². The molecule has 1 aliphatic rings. The smallest absolute Gasteiger partial charge is 0.241 e. The molecule has 0 spiro atoms. The van der Waals surface area contributed by atoms with E-state index < -0.39 is 10.0 Å². The minimum atomic E-state index is -3.60. The first-order valence-corrected chi connectivity index (χ1v) is 9.15. The van der Waals surface area contributed by atoms with Crippen LogP contribution in [0.5, 0.6) is 11.5 Å². The fourth-order valence-corrected chi connectivity index (χ4v) is 3.89. The summed E-state index contributed by atoms with van der Waals surface area (Å²) in [5.74, 6) is 1.04. The highest BCUT2D eigenvalue weighted by Gasteiger charge is 2.18. The predicted molar refractivity (Wildman–Crippen MR) is 82.9 cm³/mol. The van der Waals surface area contributed by atoms with Gasteiger partial charge in [-0.25, -0.2) is 18.1 Å². The molecule has 0 unspecified atom stereocenters. The third-order valence-electron chi connectivity index (χ3n) is 3.13. The van der Waals surface area contributed by atoms with Crippen molar-refractivity contribution in [2.45, 2.75) is 24.8 Å². The van der Waals surface area contributed by atoms with E-state index in [0.29, 0.717) is 24.7 Å². The molecule has 0 bridgehead atoms. The molecule has 1 aliphatic heterocycles. The Kier molecular flexibility index (Phi) is 4.32. The number of aromatic nitrogens is 1. The summed E-state index contributed by atoms with van der Waals surface area (Å²) in [6.07, 6.45) is 2.45. The lowest BCUT2D eigenvalue weighted by molar-refractivity contribution is 0.297. The Morgan fingerprint density at radius 3 is 2.77 bits per heavy atom. The standard InChI is InChI=1S/C14H16N2O4S2/c1-10-15-8-11(21-10)9-16-22(17,18)12-3-4-13-14(7-12)20-6-2-5-19-13/h3-4,7-8,16H,2,5-6,9H2,1H3. The molecule has 2 aromatic rings. The number of hydrogen-bond acceptors (Lipinski definition) is 6. The van der Waals surface area contributed by atoms with Crippen LogP contribution in [0.2, 0.25) is 0 Å². The van der Waals surface area contributed by atoms with Crippen LogP contribution >= 0.6 is 11.3 Å². The lowest BCUT2D eigenvalue weighted by atomic mass is 10.3. The zero-order chi connectivity index (χ0) is 15.6. The molecular formula is C14H16N2O4S2. The number of hydrogen-bond donors (Lipinski definition) is 1. The molecule has 0 radical (unpaired) electrons. The van der Waals surface area contributed by atoms with E-state index in [2.05, 4.69) is 9.71 Å². The molecule has 1 aromatic heterocycles. The van der Waals surface area contributed by atoms with Crippen LogP contribution in [0.4, 0.5) is 0 Å². The summed E-state index contributed by atoms with van der Waals surface area (Å²) in [5, 5.41) is 0.907. The second kappa shape index (κ2) is 6.23. The van der Waals surface area contributed by atoms with Crippen molar-refractivity contribution in [1.82, 2.24) is 9.71 Å². The first kappa shape index (κ1) is 15.3. The van der Waals surface area contributed by atoms with E-state index in [1.807, 2.05) is 6.92 Å². The van der Waals surface area contributed by atoms with Crippen LogP contribution in [0.25, 0.3) is 0 Å². The van der Waals surface area contributed by atoms with Crippen LogP contribution in [0.15, 0.2) is 29.3 Å². The third kappa shape index (κ3) is 3.40. The molecule has 2 heterocycles. The number of ether oxygens (including phenoxy) is 2. The maximum absolute atomic E-state index is 12.4. The van der Waals surface area contributed by atoms with Gasteiger partial charge in [-0.05, 0) is 19.1 Å². The molecule has 22 heavy (non-hydrogen) atoms. The van der Waals surface area contributed by atoms with Crippen LogP contribution in [0.3, 0.4) is 0 Å². The highest BCUT2D eigenvalue weighted by atomic mass is 32.2. The molecule has 0 fully saturated rings. The molecule has 6 nitrogen and oxygen atoms in total. The van der Waals surface area contributed by atoms with E-state index in [9.17, 15) is 8.42 Å². The quantitative estimate of drug-likeness (QED) is 0.922. The van der Waals surface area contributed by atoms with Crippen molar-refractivity contribution in [2.75, 3.05) is 13.2 Å². The number of rotatable bonds is 4. The van der Waals surface area contributed by atoms with E-state index in [-0.39, 0.29) is 11.4 Å². The molecule has 0 atom stereocenters. The number of nitrogens with zero attached hydrogens (tertiary/aromatic N) is 1. The van der Waals surface area contributed by atoms with Gasteiger partial charge in [0, 0.05) is 30.1 Å². The van der Waals surface area contributed by atoms with Gasteiger partial charge in [0.25, 0.3) is 0 Å². The summed E-state index contributed by atoms with van der Waals surface area (Å²) in [6, 6.07) is 4.65. The van der Waals surface area contributed by atoms with E-state index in [0.717, 1.165) is 16.3 Å². The highest BCUT2D eigenvalue weighted by Crippen LogP contribution is 2.31. The number of aryl methyl sites for hydroxylation is 1. The largest absolute Gasteiger partial charge is 0.490 e. The monoisotopic (exact) mass is 340 g/mol. The first-order valence-electron chi connectivity index (χ1n) is 6.85. The Morgan fingerprint density at radius 2 is 2.05 bits per heavy atom. The van der Waals surface area contributed by atoms with Gasteiger partial charge in [0.15, 0.2) is 11.5 Å². The van der Waals surface area contributed by atoms with Crippen molar-refractivity contribution >= 4 is 21.4 Å². The number of thiazole rings is 1. The van der Waals surface area contributed by atoms with Gasteiger partial charge < -0.3 is 9.47 Å². The van der Waals surface area contributed by atoms with Crippen molar-refractivity contribution in [2.24, 2.45) is 0 Å². The van der Waals surface area contributed by atoms with E-state index >= 15 is 0 Å². The van der Waals surface area contributed by atoms with Crippen LogP contribution in [0, 0.1) is 6.92 Å². The maximum atomic E-state index is 12.4. The molecular weight excluding hydrogens is 324 g/mol. The number of nitrogens with one attached hydrogen (secondary N) is 1. The second-order valence-corrected chi connectivity index (χ2v) is 7.92. The molecule has 0 amide bonds. The Balaban J connectivity index is 1.78. The lowest BCUT2D eigenvalue weighted by Crippen LogP contribution is -2.22. The van der Waals surface area contributed by atoms with E-state index in [1.165, 1.54) is 23.5 Å². The van der Waals surface area contributed by atoms with E-state index in [1.54, 1.807) is 12.3 Å². The van der Waals surface area contributed by atoms with E-state index in [4.69, 9.17) is 9.47 Å². The van der Waals surface area contributed by atoms with Gasteiger partial charge >= 0.3 is 0 Å². The molecule has 0 aliphatic carbocycles. The second-order valence-electron chi connectivity index (χ2n) is 4.83. The molecule has 0 saturated carbocycles. The Labute approximate surface area is 133 Å². The summed E-state index contributed by atoms with van der Waals surface area (Å²) >= 11 is 1.47. The predicted octanol–water partition coefficient (Wildman–Crippen LogP) is 2.09. The average molecular weight is 340 g/mol. The topological polar surface area (TPSA) is 77.5 Å². The number of benzene rings is 1. The van der Waals surface area contributed by atoms with Gasteiger partial charge in [0.2, 0.25) is 10.0 Å². The minimum Gasteiger partial charge on any atom is -0.490 e. The molecule has 8 heteroatoms. The average Bonchev–Trinajstić information content (AvgIpc) is 2.78. The van der Waals surface area contributed by atoms with Gasteiger partial charge in [0.05, 0.1) is 23.1 Å². The van der Waals surface area contributed by atoms with Gasteiger partial charge in [-0.15, -0.1) is 11.3 Å². The van der Waals surface area contributed by atoms with Crippen LogP contribution < -0.4 is 14.2 Å². The van der Waals surface area contributed by atoms with Crippen LogP contribution in [-0.4, -0.2) is 26.6 Å². The zero-order valence-electron chi connectivity index (χ0n) is 12.0. The SMILES string of the molecule is Cc1ncc(CNS(=O)(=O)c2ccc3c(c2)OCCCO3)s1. The summed E-state index contributed by atoms with van der Waals surface area (Å²) in [4.78, 5) is 5.14. The highest BCUT2D eigenvalue weighted by molar-refractivity contribution is 7.89. The van der Waals surface area contributed by atoms with Gasteiger partial charge in [-0.2, -0.15) is 0 Å². The molecule has 1 aromatic carbocycles. The Hall–Kier alpha value is -1.64. The minimum absolute atomic E-state index is 0.165. The van der Waals surface area contributed by atoms with Gasteiger partial charge in [0.1, 0.15) is 0 Å². The molecule has 118 valence electrons. The molecule has 3 rings (SSSR count). The fraction of sp³-hybridized carbons (Fsp3) is 0.357. The summed E-state index contributed by atoms with van der Waals surface area (Å²) in [7, 11) is -3.60. The van der Waals surface area contributed by atoms with Crippen molar-refractivity contribution < 1.29 is 17.9 Å². The normalized spacial score (nSPS) is 14.6. The van der Waals surface area contributed by atoms with Crippen molar-refractivity contribution in [1.29, 1.82) is 0 Å². The lowest BCUT2D eigenvalue weighted by Gasteiger charge is -2.10. The fourth-order valence-electron chi connectivity index (χ4n) is 2.05. The summed E-state index contributed by atoms with van der Waals surface area (Å²) in [6.45, 7) is 3.20. The summed E-state index contributed by atoms with van der Waals surface area (Å²) in [5.41, 5.74) is 0. The molecule has 0 saturated heterocycles. The number of sulfonamides is 1. The third-order valence-corrected chi connectivity index (χ3v) is 5.45. The summed E-state index contributed by atoms with van der Waals surface area (Å²) < 4.78 is 38.3. The molecule has 1 N–H and O–H groups in total. The Bertz CT molecular complexity index is 771. The van der Waals surface area contributed by atoms with Crippen molar-refractivity contribution in [3.63, 3.8) is 0 Å². The van der Waals surface area contributed by atoms with Crippen molar-refractivity contribution in [3.8, 4) is 11.5 Å². The van der Waals surface area contributed by atoms with Crippen LogP contribution in [-0.2, 0) is 16.6 Å². The zero-order valence-corrected chi connectivity index (χ0v) is 13.7. The maximum Gasteiger partial charge on any atom is 0.241 e. The first-order chi connectivity index (χ1) is 10.5.